The van der Waals surface area contributed by atoms with Gasteiger partial charge in [-0.25, -0.2) is 9.36 Å². The smallest absolute Gasteiger partial charge is 0.475 e. The van der Waals surface area contributed by atoms with Crippen molar-refractivity contribution in [1.82, 2.24) is 0 Å². The summed E-state index contributed by atoms with van der Waals surface area (Å²) >= 11 is 0. The van der Waals surface area contributed by atoms with Crippen LogP contribution in [0.25, 0.3) is 0 Å². The van der Waals surface area contributed by atoms with E-state index in [4.69, 9.17) is 18.3 Å². The number of phenols is 1. The third-order valence-electron chi connectivity index (χ3n) is 4.92. The molecule has 0 amide bonds. The van der Waals surface area contributed by atoms with E-state index in [-0.39, 0.29) is 31.3 Å². The van der Waals surface area contributed by atoms with Crippen LogP contribution in [0, 0.1) is 6.92 Å². The minimum Gasteiger partial charge on any atom is -0.504 e. The number of phenolic OH excluding ortho intramolecular Hbond substituents is 1. The molecule has 0 aliphatic heterocycles. The molecule has 0 spiro atoms. The first-order valence-corrected chi connectivity index (χ1v) is 12.8. The number of carbonyl (C=O) groups excluding carboxylic acids is 1. The van der Waals surface area contributed by atoms with E-state index in [0.717, 1.165) is 11.1 Å². The summed E-state index contributed by atoms with van der Waals surface area (Å²) in [6.45, 7) is -1.48. The van der Waals surface area contributed by atoms with E-state index < -0.39 is 33.2 Å². The normalized spacial score (nSPS) is 11.8. The van der Waals surface area contributed by atoms with Crippen LogP contribution in [0.1, 0.15) is 22.3 Å². The summed E-state index contributed by atoms with van der Waals surface area (Å²) < 4.78 is 76.0. The Morgan fingerprint density at radius 3 is 1.84 bits per heavy atom. The standard InChI is InChI=1S/C26H26F3O8P/c1-19-12-22(13-23(25(19)31)33-17-24(30)34-18-26(27,28)29)16-37-38(32,35-14-20-8-4-2-5-9-20)36-15-21-10-6-3-7-11-21/h2-13,31H,14-18H2,1H3. The lowest BCUT2D eigenvalue weighted by atomic mass is 10.1. The highest BCUT2D eigenvalue weighted by atomic mass is 31.2. The maximum atomic E-state index is 13.4. The van der Waals surface area contributed by atoms with Crippen LogP contribution in [0.3, 0.4) is 0 Å². The summed E-state index contributed by atoms with van der Waals surface area (Å²) in [4.78, 5) is 11.6. The van der Waals surface area contributed by atoms with Gasteiger partial charge >= 0.3 is 20.0 Å². The molecule has 0 atom stereocenters. The number of phosphoric acid groups is 1. The molecule has 0 saturated carbocycles. The fourth-order valence-corrected chi connectivity index (χ4v) is 4.22. The monoisotopic (exact) mass is 554 g/mol. The second kappa shape index (κ2) is 13.4. The quantitative estimate of drug-likeness (QED) is 0.196. The number of benzene rings is 3. The molecule has 12 heteroatoms. The first-order chi connectivity index (χ1) is 18.0. The van der Waals surface area contributed by atoms with Gasteiger partial charge in [-0.05, 0) is 41.3 Å². The van der Waals surface area contributed by atoms with E-state index in [9.17, 15) is 27.6 Å². The van der Waals surface area contributed by atoms with Crippen LogP contribution >= 0.6 is 7.82 Å². The van der Waals surface area contributed by atoms with Gasteiger partial charge in [0.05, 0.1) is 19.8 Å². The Kier molecular flexibility index (Phi) is 10.3. The first kappa shape index (κ1) is 29.2. The summed E-state index contributed by atoms with van der Waals surface area (Å²) in [6.07, 6.45) is -4.68. The summed E-state index contributed by atoms with van der Waals surface area (Å²) in [5.41, 5.74) is 2.17. The SMILES string of the molecule is Cc1cc(COP(=O)(OCc2ccccc2)OCc2ccccc2)cc(OCC(=O)OCC(F)(F)F)c1O. The van der Waals surface area contributed by atoms with E-state index in [1.165, 1.54) is 19.1 Å². The van der Waals surface area contributed by atoms with Crippen molar-refractivity contribution in [3.63, 3.8) is 0 Å². The first-order valence-electron chi connectivity index (χ1n) is 11.3. The second-order valence-corrected chi connectivity index (χ2v) is 9.73. The van der Waals surface area contributed by atoms with Crippen molar-refractivity contribution in [2.45, 2.75) is 32.9 Å². The Labute approximate surface area is 217 Å². The number of aryl methyl sites for hydroxylation is 1. The summed E-state index contributed by atoms with van der Waals surface area (Å²) in [7, 11) is -4.10. The summed E-state index contributed by atoms with van der Waals surface area (Å²) in [5.74, 6) is -1.80. The van der Waals surface area contributed by atoms with Crippen LogP contribution < -0.4 is 4.74 Å². The third-order valence-corrected chi connectivity index (χ3v) is 6.26. The van der Waals surface area contributed by atoms with Crippen LogP contribution in [-0.4, -0.2) is 30.5 Å². The van der Waals surface area contributed by atoms with Crippen molar-refractivity contribution < 1.29 is 50.7 Å². The predicted molar refractivity (Wildman–Crippen MR) is 130 cm³/mol. The molecule has 3 rings (SSSR count). The molecule has 38 heavy (non-hydrogen) atoms. The molecule has 0 heterocycles. The molecule has 1 N–H and O–H groups in total. The number of hydrogen-bond donors (Lipinski definition) is 1. The Bertz CT molecular complexity index is 1190. The zero-order valence-electron chi connectivity index (χ0n) is 20.3. The zero-order valence-corrected chi connectivity index (χ0v) is 21.2. The minimum atomic E-state index is -4.68. The van der Waals surface area contributed by atoms with Gasteiger partial charge < -0.3 is 14.6 Å². The molecular weight excluding hydrogens is 528 g/mol. The lowest BCUT2D eigenvalue weighted by Crippen LogP contribution is -2.23. The Morgan fingerprint density at radius 1 is 0.842 bits per heavy atom. The van der Waals surface area contributed by atoms with E-state index in [1.807, 2.05) is 12.1 Å². The highest BCUT2D eigenvalue weighted by molar-refractivity contribution is 7.48. The van der Waals surface area contributed by atoms with Gasteiger partial charge in [0.2, 0.25) is 0 Å². The molecule has 0 fully saturated rings. The van der Waals surface area contributed by atoms with E-state index in [2.05, 4.69) is 4.74 Å². The molecule has 0 radical (unpaired) electrons. The maximum absolute atomic E-state index is 13.4. The lowest BCUT2D eigenvalue weighted by Gasteiger charge is -2.19. The third kappa shape index (κ3) is 9.83. The number of hydrogen-bond acceptors (Lipinski definition) is 8. The summed E-state index contributed by atoms with van der Waals surface area (Å²) in [5, 5.41) is 10.2. The number of esters is 1. The fourth-order valence-electron chi connectivity index (χ4n) is 3.07. The Morgan fingerprint density at radius 2 is 1.34 bits per heavy atom. The molecule has 0 aromatic heterocycles. The molecule has 0 saturated heterocycles. The van der Waals surface area contributed by atoms with Crippen LogP contribution in [0.2, 0.25) is 0 Å². The van der Waals surface area contributed by atoms with Gasteiger partial charge in [0.15, 0.2) is 24.7 Å². The molecule has 0 bridgehead atoms. The van der Waals surface area contributed by atoms with E-state index >= 15 is 0 Å². The van der Waals surface area contributed by atoms with Crippen molar-refractivity contribution in [1.29, 1.82) is 0 Å². The Hall–Kier alpha value is -3.37. The van der Waals surface area contributed by atoms with Gasteiger partial charge in [-0.2, -0.15) is 13.2 Å². The average Bonchev–Trinajstić information content (AvgIpc) is 2.90. The molecule has 0 unspecified atom stereocenters. The van der Waals surface area contributed by atoms with E-state index in [1.54, 1.807) is 48.5 Å². The van der Waals surface area contributed by atoms with Gasteiger partial charge in [-0.15, -0.1) is 0 Å². The van der Waals surface area contributed by atoms with Crippen molar-refractivity contribution in [3.8, 4) is 11.5 Å². The van der Waals surface area contributed by atoms with Crippen molar-refractivity contribution in [2.75, 3.05) is 13.2 Å². The number of phosphoric ester groups is 1. The fraction of sp³-hybridized carbons (Fsp3) is 0.269. The maximum Gasteiger partial charge on any atom is 0.475 e. The van der Waals surface area contributed by atoms with Gasteiger partial charge in [0.1, 0.15) is 0 Å². The number of rotatable bonds is 13. The van der Waals surface area contributed by atoms with Gasteiger partial charge in [0.25, 0.3) is 0 Å². The molecule has 8 nitrogen and oxygen atoms in total. The average molecular weight is 554 g/mol. The van der Waals surface area contributed by atoms with Gasteiger partial charge in [-0.3, -0.25) is 13.6 Å². The Balaban J connectivity index is 1.68. The molecule has 3 aromatic carbocycles. The minimum absolute atomic E-state index is 0.0457. The van der Waals surface area contributed by atoms with Crippen molar-refractivity contribution in [3.05, 3.63) is 95.1 Å². The molecule has 0 aliphatic rings. The molecule has 3 aromatic rings. The van der Waals surface area contributed by atoms with Crippen LogP contribution in [-0.2, 0) is 47.5 Å². The highest BCUT2D eigenvalue weighted by Crippen LogP contribution is 2.52. The van der Waals surface area contributed by atoms with Gasteiger partial charge in [0, 0.05) is 0 Å². The van der Waals surface area contributed by atoms with Crippen LogP contribution in [0.15, 0.2) is 72.8 Å². The zero-order chi connectivity index (χ0) is 27.6. The molecular formula is C26H26F3O8P. The molecule has 0 aliphatic carbocycles. The number of ether oxygens (including phenoxy) is 2. The molecule has 204 valence electrons. The number of alkyl halides is 3. The van der Waals surface area contributed by atoms with Gasteiger partial charge in [-0.1, -0.05) is 60.7 Å². The predicted octanol–water partition coefficient (Wildman–Crippen LogP) is 6.24. The van der Waals surface area contributed by atoms with Crippen molar-refractivity contribution in [2.24, 2.45) is 0 Å². The summed E-state index contributed by atoms with van der Waals surface area (Å²) in [6, 6.07) is 20.8. The second-order valence-electron chi connectivity index (χ2n) is 8.06. The van der Waals surface area contributed by atoms with E-state index in [0.29, 0.717) is 11.1 Å². The number of carbonyl (C=O) groups is 1. The highest BCUT2D eigenvalue weighted by Gasteiger charge is 2.30. The van der Waals surface area contributed by atoms with Crippen LogP contribution in [0.4, 0.5) is 13.2 Å². The van der Waals surface area contributed by atoms with Crippen LogP contribution in [0.5, 0.6) is 11.5 Å². The lowest BCUT2D eigenvalue weighted by molar-refractivity contribution is -0.187. The number of halogens is 3. The largest absolute Gasteiger partial charge is 0.504 e. The number of aromatic hydroxyl groups is 1. The van der Waals surface area contributed by atoms with Crippen molar-refractivity contribution >= 4 is 13.8 Å². The topological polar surface area (TPSA) is 101 Å².